The molecule has 0 saturated carbocycles. The fourth-order valence-corrected chi connectivity index (χ4v) is 4.73. The number of nitrogens with zero attached hydrogens (tertiary/aromatic N) is 2. The van der Waals surface area contributed by atoms with Crippen molar-refractivity contribution in [2.45, 2.75) is 63.8 Å². The summed E-state index contributed by atoms with van der Waals surface area (Å²) in [4.78, 5) is 12.0. The van der Waals surface area contributed by atoms with Gasteiger partial charge in [-0.3, -0.25) is 9.89 Å². The first-order valence-electron chi connectivity index (χ1n) is 8.17. The summed E-state index contributed by atoms with van der Waals surface area (Å²) in [5.41, 5.74) is 1.06. The summed E-state index contributed by atoms with van der Waals surface area (Å²) >= 11 is 0. The highest BCUT2D eigenvalue weighted by molar-refractivity contribution is 7.89. The van der Waals surface area contributed by atoms with Gasteiger partial charge >= 0.3 is 0 Å². The second kappa shape index (κ2) is 7.44. The number of nitrogens with one attached hydrogen (secondary N) is 2. The van der Waals surface area contributed by atoms with Crippen molar-refractivity contribution in [2.24, 2.45) is 0 Å². The van der Waals surface area contributed by atoms with E-state index >= 15 is 0 Å². The molecule has 0 atom stereocenters. The fraction of sp³-hybridized carbons (Fsp3) is 0.733. The molecule has 8 heteroatoms. The lowest BCUT2D eigenvalue weighted by Crippen LogP contribution is -2.46. The number of piperidine rings is 1. The van der Waals surface area contributed by atoms with Gasteiger partial charge in [0.25, 0.3) is 0 Å². The van der Waals surface area contributed by atoms with Gasteiger partial charge in [-0.2, -0.15) is 9.40 Å². The highest BCUT2D eigenvalue weighted by Crippen LogP contribution is 2.24. The standard InChI is InChI=1S/C15H26N4O3S/c1-4-5-6-14(20)16-13-7-9-19(10-8-13)23(21,22)15-11(2)17-18-12(15)3/h13H,4-10H2,1-3H3,(H,16,20)(H,17,18). The zero-order valence-electron chi connectivity index (χ0n) is 14.1. The number of H-pyrrole nitrogens is 1. The molecule has 23 heavy (non-hydrogen) atoms. The number of amides is 1. The molecular weight excluding hydrogens is 316 g/mol. The summed E-state index contributed by atoms with van der Waals surface area (Å²) in [6, 6.07) is 0.0670. The third-order valence-corrected chi connectivity index (χ3v) is 6.40. The fourth-order valence-electron chi connectivity index (χ4n) is 2.93. The zero-order valence-corrected chi connectivity index (χ0v) is 14.9. The highest BCUT2D eigenvalue weighted by atomic mass is 32.2. The monoisotopic (exact) mass is 342 g/mol. The van der Waals surface area contributed by atoms with Gasteiger partial charge in [-0.05, 0) is 33.1 Å². The molecule has 130 valence electrons. The van der Waals surface area contributed by atoms with E-state index in [1.807, 2.05) is 0 Å². The Labute approximate surface area is 137 Å². The number of aryl methyl sites for hydroxylation is 2. The van der Waals surface area contributed by atoms with Gasteiger partial charge in [0, 0.05) is 25.6 Å². The number of hydrogen-bond acceptors (Lipinski definition) is 4. The van der Waals surface area contributed by atoms with Gasteiger partial charge in [0.15, 0.2) is 0 Å². The van der Waals surface area contributed by atoms with Crippen LogP contribution in [0, 0.1) is 13.8 Å². The molecule has 2 rings (SSSR count). The molecule has 1 aliphatic rings. The molecule has 1 saturated heterocycles. The highest BCUT2D eigenvalue weighted by Gasteiger charge is 2.33. The van der Waals surface area contributed by atoms with E-state index in [1.165, 1.54) is 4.31 Å². The maximum Gasteiger partial charge on any atom is 0.246 e. The number of aromatic nitrogens is 2. The number of rotatable bonds is 6. The van der Waals surface area contributed by atoms with Crippen LogP contribution >= 0.6 is 0 Å². The Bertz CT molecular complexity index is 626. The van der Waals surface area contributed by atoms with E-state index in [0.717, 1.165) is 12.8 Å². The first kappa shape index (κ1) is 17.9. The van der Waals surface area contributed by atoms with Crippen LogP contribution in [0.4, 0.5) is 0 Å². The van der Waals surface area contributed by atoms with Gasteiger partial charge in [0.1, 0.15) is 4.90 Å². The van der Waals surface area contributed by atoms with Gasteiger partial charge in [-0.15, -0.1) is 0 Å². The Morgan fingerprint density at radius 2 is 2.00 bits per heavy atom. The SMILES string of the molecule is CCCCC(=O)NC1CCN(S(=O)(=O)c2c(C)n[nH]c2C)CC1. The van der Waals surface area contributed by atoms with Crippen LogP contribution in [0.1, 0.15) is 50.4 Å². The van der Waals surface area contributed by atoms with Crippen LogP contribution in [0.25, 0.3) is 0 Å². The molecule has 2 N–H and O–H groups in total. The second-order valence-corrected chi connectivity index (χ2v) is 7.99. The average Bonchev–Trinajstić information content (AvgIpc) is 2.85. The molecule has 0 radical (unpaired) electrons. The van der Waals surface area contributed by atoms with Gasteiger partial charge < -0.3 is 5.32 Å². The molecular formula is C15H26N4O3S. The smallest absolute Gasteiger partial charge is 0.246 e. The summed E-state index contributed by atoms with van der Waals surface area (Å²) in [5, 5.41) is 9.70. The lowest BCUT2D eigenvalue weighted by Gasteiger charge is -2.31. The number of hydrogen-bond donors (Lipinski definition) is 2. The third-order valence-electron chi connectivity index (χ3n) is 4.23. The van der Waals surface area contributed by atoms with Crippen molar-refractivity contribution in [3.8, 4) is 0 Å². The van der Waals surface area contributed by atoms with E-state index in [4.69, 9.17) is 0 Å². The molecule has 7 nitrogen and oxygen atoms in total. The summed E-state index contributed by atoms with van der Waals surface area (Å²) in [5.74, 6) is 0.0645. The minimum absolute atomic E-state index is 0.0645. The Hall–Kier alpha value is -1.41. The molecule has 0 aliphatic carbocycles. The Morgan fingerprint density at radius 3 is 2.52 bits per heavy atom. The lowest BCUT2D eigenvalue weighted by atomic mass is 10.1. The van der Waals surface area contributed by atoms with Gasteiger partial charge in [-0.25, -0.2) is 8.42 Å². The molecule has 1 aliphatic heterocycles. The lowest BCUT2D eigenvalue weighted by molar-refractivity contribution is -0.122. The zero-order chi connectivity index (χ0) is 17.0. The van der Waals surface area contributed by atoms with Crippen molar-refractivity contribution < 1.29 is 13.2 Å². The normalized spacial score (nSPS) is 17.3. The van der Waals surface area contributed by atoms with Crippen molar-refractivity contribution in [1.29, 1.82) is 0 Å². The van der Waals surface area contributed by atoms with Crippen molar-refractivity contribution >= 4 is 15.9 Å². The van der Waals surface area contributed by atoms with E-state index in [9.17, 15) is 13.2 Å². The molecule has 1 amide bonds. The first-order chi connectivity index (χ1) is 10.9. The van der Waals surface area contributed by atoms with Crippen LogP contribution in [0.2, 0.25) is 0 Å². The molecule has 1 fully saturated rings. The third kappa shape index (κ3) is 4.11. The van der Waals surface area contributed by atoms with Crippen LogP contribution in [-0.2, 0) is 14.8 Å². The van der Waals surface area contributed by atoms with Crippen LogP contribution in [-0.4, -0.2) is 48.0 Å². The maximum atomic E-state index is 12.7. The maximum absolute atomic E-state index is 12.7. The second-order valence-electron chi connectivity index (χ2n) is 6.11. The minimum Gasteiger partial charge on any atom is -0.353 e. The number of aromatic amines is 1. The largest absolute Gasteiger partial charge is 0.353 e. The molecule has 0 unspecified atom stereocenters. The minimum atomic E-state index is -3.52. The van der Waals surface area contributed by atoms with Crippen molar-refractivity contribution in [1.82, 2.24) is 19.8 Å². The van der Waals surface area contributed by atoms with Crippen LogP contribution in [0.3, 0.4) is 0 Å². The van der Waals surface area contributed by atoms with Gasteiger partial charge in [-0.1, -0.05) is 13.3 Å². The number of carbonyl (C=O) groups excluding carboxylic acids is 1. The van der Waals surface area contributed by atoms with Crippen molar-refractivity contribution in [3.05, 3.63) is 11.4 Å². The number of sulfonamides is 1. The summed E-state index contributed by atoms with van der Waals surface area (Å²) in [7, 11) is -3.52. The van der Waals surface area contributed by atoms with Crippen molar-refractivity contribution in [3.63, 3.8) is 0 Å². The molecule has 2 heterocycles. The molecule has 0 bridgehead atoms. The van der Waals surface area contributed by atoms with E-state index in [1.54, 1.807) is 13.8 Å². The predicted molar refractivity (Wildman–Crippen MR) is 87.5 cm³/mol. The van der Waals surface area contributed by atoms with Crippen LogP contribution in [0.5, 0.6) is 0 Å². The number of unbranched alkanes of at least 4 members (excludes halogenated alkanes) is 1. The summed E-state index contributed by atoms with van der Waals surface area (Å²) < 4.78 is 27.0. The molecule has 1 aromatic rings. The van der Waals surface area contributed by atoms with Crippen LogP contribution in [0.15, 0.2) is 4.90 Å². The van der Waals surface area contributed by atoms with Gasteiger partial charge in [0.2, 0.25) is 15.9 Å². The first-order valence-corrected chi connectivity index (χ1v) is 9.61. The van der Waals surface area contributed by atoms with Gasteiger partial charge in [0.05, 0.1) is 11.4 Å². The van der Waals surface area contributed by atoms with E-state index < -0.39 is 10.0 Å². The van der Waals surface area contributed by atoms with E-state index in [-0.39, 0.29) is 16.8 Å². The average molecular weight is 342 g/mol. The Morgan fingerprint density at radius 1 is 1.35 bits per heavy atom. The quantitative estimate of drug-likeness (QED) is 0.819. The molecule has 0 aromatic carbocycles. The topological polar surface area (TPSA) is 95.2 Å². The Kier molecular flexibility index (Phi) is 5.80. The van der Waals surface area contributed by atoms with E-state index in [0.29, 0.717) is 43.7 Å². The number of carbonyl (C=O) groups is 1. The summed E-state index contributed by atoms with van der Waals surface area (Å²) in [6.07, 6.45) is 3.72. The summed E-state index contributed by atoms with van der Waals surface area (Å²) in [6.45, 7) is 6.30. The van der Waals surface area contributed by atoms with Crippen molar-refractivity contribution in [2.75, 3.05) is 13.1 Å². The van der Waals surface area contributed by atoms with E-state index in [2.05, 4.69) is 22.4 Å². The molecule has 0 spiro atoms. The Balaban J connectivity index is 1.95. The molecule has 1 aromatic heterocycles. The van der Waals surface area contributed by atoms with Crippen LogP contribution < -0.4 is 5.32 Å². The predicted octanol–water partition coefficient (Wildman–Crippen LogP) is 1.49.